The summed E-state index contributed by atoms with van der Waals surface area (Å²) in [6.07, 6.45) is 0. The van der Waals surface area contributed by atoms with E-state index in [1.807, 2.05) is 49.3 Å². The number of hydrogen-bond donors (Lipinski definition) is 2. The van der Waals surface area contributed by atoms with Crippen molar-refractivity contribution < 1.29 is 19.7 Å². The van der Waals surface area contributed by atoms with E-state index in [0.29, 0.717) is 23.1 Å². The summed E-state index contributed by atoms with van der Waals surface area (Å²) < 4.78 is 7.65. The van der Waals surface area contributed by atoms with E-state index in [0.717, 1.165) is 37.9 Å². The third kappa shape index (κ3) is 4.40. The Balaban J connectivity index is 0.00000274. The van der Waals surface area contributed by atoms with E-state index >= 15 is 0 Å². The maximum Gasteiger partial charge on any atom is 0.193 e. The summed E-state index contributed by atoms with van der Waals surface area (Å²) in [7, 11) is 3.98. The Bertz CT molecular complexity index is 1510. The zero-order chi connectivity index (χ0) is 23.1. The minimum absolute atomic E-state index is 0. The van der Waals surface area contributed by atoms with Gasteiger partial charge in [0, 0.05) is 37.8 Å². The van der Waals surface area contributed by atoms with Crippen molar-refractivity contribution in [1.29, 1.82) is 0 Å². The van der Waals surface area contributed by atoms with E-state index in [1.165, 1.54) is 11.3 Å². The number of fused-ring (bicyclic) bond motifs is 5. The molecule has 5 nitrogen and oxygen atoms in total. The van der Waals surface area contributed by atoms with Gasteiger partial charge in [-0.25, -0.2) is 0 Å². The molecule has 0 radical (unpaired) electrons. The van der Waals surface area contributed by atoms with Crippen molar-refractivity contribution in [3.05, 3.63) is 77.9 Å². The fourth-order valence-electron chi connectivity index (χ4n) is 4.06. The number of carbonyl (C=O) groups is 1. The van der Waals surface area contributed by atoms with Gasteiger partial charge in [-0.1, -0.05) is 6.07 Å². The Morgan fingerprint density at radius 2 is 1.53 bits per heavy atom. The molecule has 174 valence electrons. The number of ether oxygens (including phenoxy) is 1. The lowest BCUT2D eigenvalue weighted by atomic mass is 9.94. The molecule has 5 rings (SSSR count). The number of hydrogen-bond acceptors (Lipinski definition) is 6. The van der Waals surface area contributed by atoms with Crippen molar-refractivity contribution in [3.63, 3.8) is 0 Å². The van der Waals surface area contributed by atoms with E-state index in [4.69, 9.17) is 4.74 Å². The molecule has 0 aliphatic carbocycles. The Morgan fingerprint density at radius 1 is 0.853 bits per heavy atom. The Morgan fingerprint density at radius 3 is 2.24 bits per heavy atom. The number of benzene rings is 4. The molecule has 2 N–H and O–H groups in total. The summed E-state index contributed by atoms with van der Waals surface area (Å²) in [5.41, 5.74) is 1.09. The minimum atomic E-state index is -0.118. The molecular weight excluding hydrogens is 470 g/mol. The lowest BCUT2D eigenvalue weighted by molar-refractivity contribution is 0.104. The van der Waals surface area contributed by atoms with Crippen LogP contribution in [0.5, 0.6) is 17.2 Å². The van der Waals surface area contributed by atoms with Crippen molar-refractivity contribution in [1.82, 2.24) is 4.90 Å². The zero-order valence-electron chi connectivity index (χ0n) is 18.7. The average molecular weight is 494 g/mol. The number of rotatable bonds is 6. The molecular formula is C27H24ClNO4S. The van der Waals surface area contributed by atoms with Crippen LogP contribution in [0.1, 0.15) is 15.9 Å². The maximum absolute atomic E-state index is 13.5. The molecule has 5 aromatic rings. The molecule has 0 fully saturated rings. The average Bonchev–Trinajstić information content (AvgIpc) is 3.15. The fraction of sp³-hybridized carbons (Fsp3) is 0.148. The first-order valence-electron chi connectivity index (χ1n) is 10.6. The normalized spacial score (nSPS) is 11.3. The summed E-state index contributed by atoms with van der Waals surface area (Å²) in [4.78, 5) is 15.6. The smallest absolute Gasteiger partial charge is 0.193 e. The number of likely N-dealkylation sites (N-methyl/N-ethyl adjacent to an activating group) is 1. The highest BCUT2D eigenvalue weighted by Crippen LogP contribution is 2.42. The molecule has 0 bridgehead atoms. The monoisotopic (exact) mass is 493 g/mol. The summed E-state index contributed by atoms with van der Waals surface area (Å²) in [5, 5.41) is 23.7. The van der Waals surface area contributed by atoms with E-state index in [-0.39, 0.29) is 29.7 Å². The molecule has 1 aromatic heterocycles. The Labute approximate surface area is 207 Å². The summed E-state index contributed by atoms with van der Waals surface area (Å²) >= 11 is 1.54. The van der Waals surface area contributed by atoms with Crippen LogP contribution in [0.3, 0.4) is 0 Å². The van der Waals surface area contributed by atoms with Gasteiger partial charge in [0.25, 0.3) is 0 Å². The van der Waals surface area contributed by atoms with Crippen LogP contribution < -0.4 is 4.74 Å². The maximum atomic E-state index is 13.5. The SMILES string of the molecule is CN(C)CCOc1ccc(C(=O)c2cc3sc4cc(O)ccc4c3c3ccc(O)cc23)cc1.Cl. The van der Waals surface area contributed by atoms with Crippen LogP contribution in [0, 0.1) is 0 Å². The van der Waals surface area contributed by atoms with Gasteiger partial charge in [0.2, 0.25) is 0 Å². The highest BCUT2D eigenvalue weighted by atomic mass is 35.5. The van der Waals surface area contributed by atoms with Gasteiger partial charge in [-0.05, 0) is 85.5 Å². The molecule has 0 spiro atoms. The van der Waals surface area contributed by atoms with E-state index in [2.05, 4.69) is 0 Å². The molecule has 34 heavy (non-hydrogen) atoms. The summed E-state index contributed by atoms with van der Waals surface area (Å²) in [6.45, 7) is 1.38. The summed E-state index contributed by atoms with van der Waals surface area (Å²) in [6, 6.07) is 19.5. The van der Waals surface area contributed by atoms with Gasteiger partial charge < -0.3 is 19.8 Å². The van der Waals surface area contributed by atoms with Gasteiger partial charge in [-0.15, -0.1) is 23.7 Å². The number of phenolic OH excluding ortho intramolecular Hbond substituents is 2. The Hall–Kier alpha value is -3.32. The van der Waals surface area contributed by atoms with Gasteiger partial charge in [0.05, 0.1) is 0 Å². The fourth-order valence-corrected chi connectivity index (χ4v) is 5.25. The van der Waals surface area contributed by atoms with E-state index in [1.54, 1.807) is 36.4 Å². The molecule has 4 aromatic carbocycles. The van der Waals surface area contributed by atoms with Gasteiger partial charge in [-0.2, -0.15) is 0 Å². The van der Waals surface area contributed by atoms with Gasteiger partial charge >= 0.3 is 0 Å². The Kier molecular flexibility index (Phi) is 6.66. The van der Waals surface area contributed by atoms with Crippen molar-refractivity contribution in [2.45, 2.75) is 0 Å². The molecule has 0 unspecified atom stereocenters. The van der Waals surface area contributed by atoms with Crippen LogP contribution in [-0.4, -0.2) is 48.1 Å². The lowest BCUT2D eigenvalue weighted by Gasteiger charge is -2.12. The van der Waals surface area contributed by atoms with E-state index in [9.17, 15) is 15.0 Å². The van der Waals surface area contributed by atoms with Crippen molar-refractivity contribution in [3.8, 4) is 17.2 Å². The summed E-state index contributed by atoms with van der Waals surface area (Å²) in [5.74, 6) is 0.918. The standard InChI is InChI=1S/C27H23NO4S.ClH/c1-28(2)11-12-32-19-7-3-16(4-8-19)27(31)23-15-25-26(20-9-5-17(29)13-22(20)23)21-10-6-18(30)14-24(21)33-25;/h3-10,13-15,29-30H,11-12H2,1-2H3;1H. The van der Waals surface area contributed by atoms with Crippen LogP contribution >= 0.6 is 23.7 Å². The molecule has 0 aliphatic rings. The van der Waals surface area contributed by atoms with Crippen LogP contribution in [0.15, 0.2) is 66.7 Å². The second-order valence-corrected chi connectivity index (χ2v) is 9.40. The molecule has 1 heterocycles. The molecule has 7 heteroatoms. The van der Waals surface area contributed by atoms with Crippen molar-refractivity contribution in [2.75, 3.05) is 27.2 Å². The second kappa shape index (κ2) is 9.50. The first-order valence-corrected chi connectivity index (χ1v) is 11.5. The first-order chi connectivity index (χ1) is 15.9. The predicted octanol–water partition coefficient (Wildman–Crippen LogP) is 6.21. The lowest BCUT2D eigenvalue weighted by Crippen LogP contribution is -2.19. The van der Waals surface area contributed by atoms with Crippen molar-refractivity contribution in [2.24, 2.45) is 0 Å². The molecule has 0 saturated carbocycles. The predicted molar refractivity (Wildman–Crippen MR) is 141 cm³/mol. The first kappa shape index (κ1) is 23.8. The van der Waals surface area contributed by atoms with Gasteiger partial charge in [0.15, 0.2) is 5.78 Å². The van der Waals surface area contributed by atoms with E-state index < -0.39 is 0 Å². The van der Waals surface area contributed by atoms with Crippen LogP contribution in [0.2, 0.25) is 0 Å². The number of aromatic hydroxyl groups is 2. The van der Waals surface area contributed by atoms with Crippen molar-refractivity contribution >= 4 is 60.5 Å². The quantitative estimate of drug-likeness (QED) is 0.275. The number of carbonyl (C=O) groups excluding carboxylic acids is 1. The van der Waals surface area contributed by atoms with Crippen LogP contribution in [0.4, 0.5) is 0 Å². The molecule has 0 aliphatic heterocycles. The third-order valence-corrected chi connectivity index (χ3v) is 6.81. The number of ketones is 1. The highest BCUT2D eigenvalue weighted by molar-refractivity contribution is 7.26. The van der Waals surface area contributed by atoms with Gasteiger partial charge in [0.1, 0.15) is 23.9 Å². The van der Waals surface area contributed by atoms with Gasteiger partial charge in [-0.3, -0.25) is 4.79 Å². The van der Waals surface area contributed by atoms with Crippen LogP contribution in [0.25, 0.3) is 30.9 Å². The number of nitrogens with zero attached hydrogens (tertiary/aromatic N) is 1. The topological polar surface area (TPSA) is 70.0 Å². The number of thiophene rings is 1. The highest BCUT2D eigenvalue weighted by Gasteiger charge is 2.18. The second-order valence-electron chi connectivity index (χ2n) is 8.31. The molecule has 0 atom stereocenters. The molecule has 0 saturated heterocycles. The number of halogens is 1. The van der Waals surface area contributed by atoms with Crippen LogP contribution in [-0.2, 0) is 0 Å². The molecule has 0 amide bonds. The minimum Gasteiger partial charge on any atom is -0.508 e. The number of phenols is 2. The largest absolute Gasteiger partial charge is 0.508 e. The zero-order valence-corrected chi connectivity index (χ0v) is 20.4. The third-order valence-electron chi connectivity index (χ3n) is 5.71.